The normalized spacial score (nSPS) is 18.2. The minimum Gasteiger partial charge on any atom is -0.457 e. The van der Waals surface area contributed by atoms with E-state index in [1.54, 1.807) is 11.8 Å². The first-order valence-electron chi connectivity index (χ1n) is 11.9. The molecule has 0 N–H and O–H groups in total. The van der Waals surface area contributed by atoms with E-state index in [0.717, 1.165) is 33.3 Å². The number of para-hydroxylation sites is 1. The summed E-state index contributed by atoms with van der Waals surface area (Å²) >= 11 is 7.83. The number of ether oxygens (including phenoxy) is 1. The summed E-state index contributed by atoms with van der Waals surface area (Å²) in [5.74, 6) is 2.15. The van der Waals surface area contributed by atoms with E-state index in [9.17, 15) is 0 Å². The first kappa shape index (κ1) is 23.6. The van der Waals surface area contributed by atoms with Crippen LogP contribution < -0.4 is 9.64 Å². The standard InChI is InChI=1S/C30H24ClN3O2S/c1-20-8-12-22(13-9-20)30-19-28(37-2)32-26-17-16-25(35-24-6-4-3-5-7-24)18-27(26)34(30)29(33-36-30)21-10-14-23(31)15-11-21/h3-18H,19H2,1-2H3. The third-order valence-corrected chi connectivity index (χ3v) is 7.46. The van der Waals surface area contributed by atoms with Gasteiger partial charge in [-0.2, -0.15) is 0 Å². The molecule has 0 bridgehead atoms. The highest BCUT2D eigenvalue weighted by atomic mass is 35.5. The zero-order chi connectivity index (χ0) is 25.4. The maximum absolute atomic E-state index is 6.44. The van der Waals surface area contributed by atoms with Gasteiger partial charge in [0.25, 0.3) is 0 Å². The Bertz CT molecular complexity index is 1500. The van der Waals surface area contributed by atoms with Crippen molar-refractivity contribution in [2.45, 2.75) is 19.1 Å². The lowest BCUT2D eigenvalue weighted by molar-refractivity contribution is -0.0148. The van der Waals surface area contributed by atoms with Crippen LogP contribution in [0.3, 0.4) is 0 Å². The van der Waals surface area contributed by atoms with Crippen molar-refractivity contribution in [3.05, 3.63) is 119 Å². The first-order valence-corrected chi connectivity index (χ1v) is 13.5. The Morgan fingerprint density at radius 1 is 0.919 bits per heavy atom. The second-order valence-corrected chi connectivity index (χ2v) is 10.3. The number of aryl methyl sites for hydroxylation is 1. The van der Waals surface area contributed by atoms with E-state index in [0.29, 0.717) is 23.0 Å². The van der Waals surface area contributed by atoms with Crippen LogP contribution >= 0.6 is 23.4 Å². The Hall–Kier alpha value is -3.74. The highest BCUT2D eigenvalue weighted by molar-refractivity contribution is 8.13. The molecule has 2 heterocycles. The second kappa shape index (κ2) is 9.61. The molecule has 0 radical (unpaired) electrons. The van der Waals surface area contributed by atoms with Crippen LogP contribution in [0.15, 0.2) is 107 Å². The van der Waals surface area contributed by atoms with Gasteiger partial charge in [0.15, 0.2) is 5.84 Å². The van der Waals surface area contributed by atoms with Crippen LogP contribution in [0.1, 0.15) is 23.1 Å². The average Bonchev–Trinajstić information content (AvgIpc) is 3.23. The van der Waals surface area contributed by atoms with Crippen LogP contribution in [0.25, 0.3) is 0 Å². The summed E-state index contributed by atoms with van der Waals surface area (Å²) in [5.41, 5.74) is 3.83. The zero-order valence-corrected chi connectivity index (χ0v) is 22.0. The molecule has 0 aliphatic carbocycles. The molecular formula is C30H24ClN3O2S. The van der Waals surface area contributed by atoms with E-state index in [1.807, 2.05) is 79.1 Å². The van der Waals surface area contributed by atoms with E-state index in [1.165, 1.54) is 5.56 Å². The topological polar surface area (TPSA) is 46.4 Å². The number of nitrogens with zero attached hydrogens (tertiary/aromatic N) is 3. The predicted molar refractivity (Wildman–Crippen MR) is 153 cm³/mol. The molecule has 37 heavy (non-hydrogen) atoms. The van der Waals surface area contributed by atoms with Gasteiger partial charge in [0.2, 0.25) is 5.72 Å². The number of aliphatic imine (C=N–C) groups is 1. The molecule has 1 atom stereocenters. The molecule has 4 aromatic carbocycles. The molecule has 0 fully saturated rings. The van der Waals surface area contributed by atoms with Crippen LogP contribution in [0.2, 0.25) is 5.02 Å². The van der Waals surface area contributed by atoms with Crippen molar-refractivity contribution in [1.29, 1.82) is 0 Å². The second-order valence-electron chi connectivity index (χ2n) is 8.95. The lowest BCUT2D eigenvalue weighted by Gasteiger charge is -2.37. The Balaban J connectivity index is 1.55. The number of amidine groups is 1. The summed E-state index contributed by atoms with van der Waals surface area (Å²) in [6.07, 6.45) is 2.57. The van der Waals surface area contributed by atoms with E-state index in [4.69, 9.17) is 26.2 Å². The zero-order valence-electron chi connectivity index (χ0n) is 20.4. The molecule has 0 amide bonds. The Kier molecular flexibility index (Phi) is 6.14. The van der Waals surface area contributed by atoms with Gasteiger partial charge in [0, 0.05) is 22.2 Å². The predicted octanol–water partition coefficient (Wildman–Crippen LogP) is 8.29. The van der Waals surface area contributed by atoms with Crippen molar-refractivity contribution in [3.63, 3.8) is 0 Å². The molecule has 2 aliphatic heterocycles. The van der Waals surface area contributed by atoms with E-state index < -0.39 is 5.72 Å². The first-order chi connectivity index (χ1) is 18.1. The fraction of sp³-hybridized carbons (Fsp3) is 0.133. The molecular weight excluding hydrogens is 502 g/mol. The number of oxime groups is 1. The van der Waals surface area contributed by atoms with Crippen molar-refractivity contribution in [2.24, 2.45) is 10.1 Å². The number of thioether (sulfide) groups is 1. The molecule has 4 aromatic rings. The fourth-order valence-corrected chi connectivity index (χ4v) is 5.29. The molecule has 1 unspecified atom stereocenters. The maximum Gasteiger partial charge on any atom is 0.247 e. The summed E-state index contributed by atoms with van der Waals surface area (Å²) in [6, 6.07) is 31.8. The third kappa shape index (κ3) is 4.37. The van der Waals surface area contributed by atoms with E-state index in [-0.39, 0.29) is 0 Å². The van der Waals surface area contributed by atoms with Crippen LogP contribution in [0, 0.1) is 6.92 Å². The van der Waals surface area contributed by atoms with Gasteiger partial charge < -0.3 is 9.57 Å². The van der Waals surface area contributed by atoms with Crippen molar-refractivity contribution < 1.29 is 9.57 Å². The number of anilines is 1. The number of hydrogen-bond acceptors (Lipinski definition) is 6. The SMILES string of the molecule is CSC1=Nc2ccc(Oc3ccccc3)cc2N2C(c3ccc(Cl)cc3)=NOC2(c2ccc(C)cc2)C1. The Labute approximate surface area is 225 Å². The Morgan fingerprint density at radius 2 is 1.68 bits per heavy atom. The quantitative estimate of drug-likeness (QED) is 0.269. The maximum atomic E-state index is 6.44. The monoisotopic (exact) mass is 525 g/mol. The van der Waals surface area contributed by atoms with Crippen molar-refractivity contribution >= 4 is 45.6 Å². The van der Waals surface area contributed by atoms with Gasteiger partial charge in [-0.1, -0.05) is 64.8 Å². The number of rotatable bonds is 4. The van der Waals surface area contributed by atoms with Crippen LogP contribution in [0.4, 0.5) is 11.4 Å². The molecule has 5 nitrogen and oxygen atoms in total. The van der Waals surface area contributed by atoms with Gasteiger partial charge in [-0.3, -0.25) is 4.90 Å². The van der Waals surface area contributed by atoms with Crippen LogP contribution in [-0.2, 0) is 10.6 Å². The van der Waals surface area contributed by atoms with Gasteiger partial charge in [-0.25, -0.2) is 4.99 Å². The summed E-state index contributed by atoms with van der Waals surface area (Å²) < 4.78 is 6.22. The molecule has 184 valence electrons. The van der Waals surface area contributed by atoms with Gasteiger partial charge in [0.1, 0.15) is 11.5 Å². The molecule has 2 aliphatic rings. The minimum absolute atomic E-state index is 0.529. The smallest absolute Gasteiger partial charge is 0.247 e. The average molecular weight is 526 g/mol. The summed E-state index contributed by atoms with van der Waals surface area (Å²) in [5, 5.41) is 6.28. The third-order valence-electron chi connectivity index (χ3n) is 6.50. The highest BCUT2D eigenvalue weighted by Crippen LogP contribution is 2.50. The number of fused-ring (bicyclic) bond motifs is 3. The lowest BCUT2D eigenvalue weighted by Crippen LogP contribution is -2.47. The van der Waals surface area contributed by atoms with Crippen molar-refractivity contribution in [3.8, 4) is 11.5 Å². The number of hydrogen-bond donors (Lipinski definition) is 0. The Morgan fingerprint density at radius 3 is 2.41 bits per heavy atom. The van der Waals surface area contributed by atoms with Gasteiger partial charge in [-0.15, -0.1) is 11.8 Å². The van der Waals surface area contributed by atoms with Crippen LogP contribution in [-0.4, -0.2) is 17.1 Å². The summed E-state index contributed by atoms with van der Waals surface area (Å²) in [6.45, 7) is 2.08. The van der Waals surface area contributed by atoms with Gasteiger partial charge >= 0.3 is 0 Å². The van der Waals surface area contributed by atoms with E-state index in [2.05, 4.69) is 41.2 Å². The van der Waals surface area contributed by atoms with Crippen molar-refractivity contribution in [2.75, 3.05) is 11.2 Å². The molecule has 6 rings (SSSR count). The number of benzene rings is 4. The highest BCUT2D eigenvalue weighted by Gasteiger charge is 2.51. The minimum atomic E-state index is -0.916. The lowest BCUT2D eigenvalue weighted by atomic mass is 9.95. The summed E-state index contributed by atoms with van der Waals surface area (Å²) in [4.78, 5) is 13.6. The molecule has 7 heteroatoms. The molecule has 0 spiro atoms. The largest absolute Gasteiger partial charge is 0.457 e. The molecule has 0 saturated carbocycles. The summed E-state index contributed by atoms with van der Waals surface area (Å²) in [7, 11) is 0. The van der Waals surface area contributed by atoms with Crippen LogP contribution in [0.5, 0.6) is 11.5 Å². The number of halogens is 1. The van der Waals surface area contributed by atoms with Gasteiger partial charge in [0.05, 0.1) is 22.8 Å². The van der Waals surface area contributed by atoms with E-state index >= 15 is 0 Å². The molecule has 0 saturated heterocycles. The van der Waals surface area contributed by atoms with Crippen molar-refractivity contribution in [1.82, 2.24) is 0 Å². The van der Waals surface area contributed by atoms with Gasteiger partial charge in [-0.05, 0) is 61.7 Å². The molecule has 0 aromatic heterocycles. The fourth-order valence-electron chi connectivity index (χ4n) is 4.63.